The van der Waals surface area contributed by atoms with Gasteiger partial charge in [-0.25, -0.2) is 13.4 Å². The number of benzene rings is 1. The third kappa shape index (κ3) is 4.24. The van der Waals surface area contributed by atoms with Crippen LogP contribution in [0.2, 0.25) is 0 Å². The lowest BCUT2D eigenvalue weighted by Crippen LogP contribution is -2.41. The van der Waals surface area contributed by atoms with Crippen molar-refractivity contribution in [2.24, 2.45) is 5.92 Å². The summed E-state index contributed by atoms with van der Waals surface area (Å²) in [6.45, 7) is 8.68. The molecular formula is C22H27N5O3S. The minimum atomic E-state index is -3.58. The zero-order chi connectivity index (χ0) is 22.2. The molecule has 0 saturated carbocycles. The molecule has 0 N–H and O–H groups in total. The second kappa shape index (κ2) is 8.47. The molecule has 1 unspecified atom stereocenters. The lowest BCUT2D eigenvalue weighted by molar-refractivity contribution is 0.247. The summed E-state index contributed by atoms with van der Waals surface area (Å²) in [6, 6.07) is 2.05. The Balaban J connectivity index is 1.54. The maximum absolute atomic E-state index is 13.6. The van der Waals surface area contributed by atoms with Gasteiger partial charge in [-0.15, -0.1) is 0 Å². The van der Waals surface area contributed by atoms with E-state index in [0.717, 1.165) is 35.1 Å². The second-order valence-electron chi connectivity index (χ2n) is 8.27. The van der Waals surface area contributed by atoms with Crippen molar-refractivity contribution in [1.29, 1.82) is 0 Å². The van der Waals surface area contributed by atoms with E-state index in [9.17, 15) is 8.42 Å². The molecule has 3 aromatic rings. The molecule has 1 aliphatic heterocycles. The normalized spacial score (nSPS) is 17.7. The van der Waals surface area contributed by atoms with E-state index in [-0.39, 0.29) is 5.92 Å². The maximum atomic E-state index is 13.6. The zero-order valence-corrected chi connectivity index (χ0v) is 19.1. The molecule has 2 aromatic heterocycles. The summed E-state index contributed by atoms with van der Waals surface area (Å²) < 4.78 is 34.2. The molecular weight excluding hydrogens is 414 g/mol. The van der Waals surface area contributed by atoms with Gasteiger partial charge < -0.3 is 4.52 Å². The smallest absolute Gasteiger partial charge is 0.243 e. The molecule has 8 nitrogen and oxygen atoms in total. The van der Waals surface area contributed by atoms with Crippen LogP contribution in [0.3, 0.4) is 0 Å². The molecule has 4 rings (SSSR count). The van der Waals surface area contributed by atoms with Crippen LogP contribution in [-0.2, 0) is 16.4 Å². The highest BCUT2D eigenvalue weighted by Gasteiger charge is 2.33. The van der Waals surface area contributed by atoms with E-state index in [2.05, 4.69) is 20.1 Å². The van der Waals surface area contributed by atoms with Crippen LogP contribution >= 0.6 is 0 Å². The Kier molecular flexibility index (Phi) is 5.90. The highest BCUT2D eigenvalue weighted by Crippen LogP contribution is 2.32. The Hall–Kier alpha value is -2.65. The molecule has 1 aliphatic rings. The Morgan fingerprint density at radius 3 is 2.55 bits per heavy atom. The SMILES string of the molecule is Cc1cc(C)c(C)c(S(=O)(=O)N2CCCC(Cc3nc(-c4cnccn4)no3)C2)c1C. The molecule has 0 amide bonds. The quantitative estimate of drug-likeness (QED) is 0.598. The van der Waals surface area contributed by atoms with Crippen molar-refractivity contribution >= 4 is 10.0 Å². The van der Waals surface area contributed by atoms with Crippen molar-refractivity contribution in [2.45, 2.75) is 51.9 Å². The molecule has 0 aliphatic carbocycles. The molecule has 164 valence electrons. The largest absolute Gasteiger partial charge is 0.339 e. The third-order valence-electron chi connectivity index (χ3n) is 6.10. The molecule has 1 aromatic carbocycles. The number of sulfonamides is 1. The fourth-order valence-electron chi connectivity index (χ4n) is 4.21. The van der Waals surface area contributed by atoms with E-state index in [1.165, 1.54) is 0 Å². The van der Waals surface area contributed by atoms with Crippen LogP contribution in [0.25, 0.3) is 11.5 Å². The molecule has 0 bridgehead atoms. The van der Waals surface area contributed by atoms with Crippen molar-refractivity contribution in [3.05, 3.63) is 52.8 Å². The molecule has 0 radical (unpaired) electrons. The Morgan fingerprint density at radius 1 is 1.13 bits per heavy atom. The van der Waals surface area contributed by atoms with Gasteiger partial charge in [0.25, 0.3) is 0 Å². The standard InChI is InChI=1S/C22H27N5O3S/c1-14-10-15(2)17(4)21(16(14)3)31(28,29)27-9-5-6-18(13-27)11-20-25-22(26-30-20)19-12-23-7-8-24-19/h7-8,10,12,18H,5-6,9,11,13H2,1-4H3. The van der Waals surface area contributed by atoms with Gasteiger partial charge in [0.05, 0.1) is 11.1 Å². The van der Waals surface area contributed by atoms with Gasteiger partial charge in [0, 0.05) is 31.9 Å². The molecule has 1 saturated heterocycles. The minimum absolute atomic E-state index is 0.116. The summed E-state index contributed by atoms with van der Waals surface area (Å²) in [6.07, 6.45) is 6.99. The van der Waals surface area contributed by atoms with E-state index in [0.29, 0.717) is 41.8 Å². The van der Waals surface area contributed by atoms with Gasteiger partial charge in [-0.1, -0.05) is 11.2 Å². The minimum Gasteiger partial charge on any atom is -0.339 e. The summed E-state index contributed by atoms with van der Waals surface area (Å²) in [5.41, 5.74) is 4.20. The Bertz CT molecular complexity index is 1170. The van der Waals surface area contributed by atoms with Crippen molar-refractivity contribution in [2.75, 3.05) is 13.1 Å². The first-order valence-electron chi connectivity index (χ1n) is 10.4. The average Bonchev–Trinajstić information content (AvgIpc) is 3.22. The van der Waals surface area contributed by atoms with Gasteiger partial charge in [0.15, 0.2) is 0 Å². The van der Waals surface area contributed by atoms with Crippen molar-refractivity contribution < 1.29 is 12.9 Å². The van der Waals surface area contributed by atoms with Gasteiger partial charge in [-0.05, 0) is 68.7 Å². The van der Waals surface area contributed by atoms with Crippen molar-refractivity contribution in [3.8, 4) is 11.5 Å². The molecule has 1 atom stereocenters. The Labute approximate surface area is 182 Å². The average molecular weight is 442 g/mol. The summed E-state index contributed by atoms with van der Waals surface area (Å²) in [5.74, 6) is 0.999. The van der Waals surface area contributed by atoms with Crippen LogP contribution in [0.5, 0.6) is 0 Å². The van der Waals surface area contributed by atoms with Gasteiger partial charge >= 0.3 is 0 Å². The first-order chi connectivity index (χ1) is 14.8. The monoisotopic (exact) mass is 441 g/mol. The van der Waals surface area contributed by atoms with E-state index < -0.39 is 10.0 Å². The van der Waals surface area contributed by atoms with Crippen molar-refractivity contribution in [1.82, 2.24) is 24.4 Å². The van der Waals surface area contributed by atoms with E-state index >= 15 is 0 Å². The van der Waals surface area contributed by atoms with Gasteiger partial charge in [-0.2, -0.15) is 9.29 Å². The van der Waals surface area contributed by atoms with E-state index in [1.54, 1.807) is 22.9 Å². The Morgan fingerprint density at radius 2 is 1.87 bits per heavy atom. The van der Waals surface area contributed by atoms with Gasteiger partial charge in [0.2, 0.25) is 21.7 Å². The lowest BCUT2D eigenvalue weighted by Gasteiger charge is -2.32. The summed E-state index contributed by atoms with van der Waals surface area (Å²) >= 11 is 0. The highest BCUT2D eigenvalue weighted by atomic mass is 32.2. The highest BCUT2D eigenvalue weighted by molar-refractivity contribution is 7.89. The number of rotatable bonds is 5. The van der Waals surface area contributed by atoms with Gasteiger partial charge in [0.1, 0.15) is 5.69 Å². The topological polar surface area (TPSA) is 102 Å². The fraction of sp³-hybridized carbons (Fsp3) is 0.455. The molecule has 3 heterocycles. The fourth-order valence-corrected chi connectivity index (χ4v) is 6.34. The number of aromatic nitrogens is 4. The summed E-state index contributed by atoms with van der Waals surface area (Å²) in [5, 5.41) is 3.99. The number of aryl methyl sites for hydroxylation is 2. The number of hydrogen-bond acceptors (Lipinski definition) is 7. The molecule has 0 spiro atoms. The summed E-state index contributed by atoms with van der Waals surface area (Å²) in [7, 11) is -3.58. The van der Waals surface area contributed by atoms with Crippen molar-refractivity contribution in [3.63, 3.8) is 0 Å². The van der Waals surface area contributed by atoms with Crippen LogP contribution < -0.4 is 0 Å². The maximum Gasteiger partial charge on any atom is 0.243 e. The molecule has 9 heteroatoms. The van der Waals surface area contributed by atoms with E-state index in [4.69, 9.17) is 4.52 Å². The molecule has 1 fully saturated rings. The molecule has 31 heavy (non-hydrogen) atoms. The zero-order valence-electron chi connectivity index (χ0n) is 18.3. The predicted octanol–water partition coefficient (Wildman–Crippen LogP) is 3.40. The van der Waals surface area contributed by atoms with Crippen LogP contribution in [-0.4, -0.2) is 45.9 Å². The number of nitrogens with zero attached hydrogens (tertiary/aromatic N) is 5. The van der Waals surface area contributed by atoms with Crippen LogP contribution in [0, 0.1) is 33.6 Å². The number of piperidine rings is 1. The predicted molar refractivity (Wildman–Crippen MR) is 116 cm³/mol. The first kappa shape index (κ1) is 21.6. The van der Waals surface area contributed by atoms with Crippen LogP contribution in [0.1, 0.15) is 41.0 Å². The first-order valence-corrected chi connectivity index (χ1v) is 11.9. The van der Waals surface area contributed by atoms with Crippen LogP contribution in [0.15, 0.2) is 34.1 Å². The second-order valence-corrected chi connectivity index (χ2v) is 10.1. The summed E-state index contributed by atoms with van der Waals surface area (Å²) in [4.78, 5) is 13.1. The van der Waals surface area contributed by atoms with E-state index in [1.807, 2.05) is 33.8 Å². The number of hydrogen-bond donors (Lipinski definition) is 0. The van der Waals surface area contributed by atoms with Gasteiger partial charge in [-0.3, -0.25) is 4.98 Å². The lowest BCUT2D eigenvalue weighted by atomic mass is 9.96. The van der Waals surface area contributed by atoms with Crippen LogP contribution in [0.4, 0.5) is 0 Å². The third-order valence-corrected chi connectivity index (χ3v) is 8.24.